The number of nitrogens with one attached hydrogen (secondary N) is 1. The van der Waals surface area contributed by atoms with Crippen LogP contribution in [0.5, 0.6) is 0 Å². The van der Waals surface area contributed by atoms with Gasteiger partial charge in [-0.15, -0.1) is 11.3 Å². The van der Waals surface area contributed by atoms with E-state index < -0.39 is 0 Å². The van der Waals surface area contributed by atoms with Crippen molar-refractivity contribution in [3.05, 3.63) is 48.8 Å². The van der Waals surface area contributed by atoms with E-state index in [1.807, 2.05) is 18.4 Å². The number of nitrogens with zero attached hydrogens (tertiary/aromatic N) is 1. The minimum absolute atomic E-state index is 0.0738. The molecule has 1 aromatic heterocycles. The first-order valence-corrected chi connectivity index (χ1v) is 8.16. The quantitative estimate of drug-likeness (QED) is 0.839. The second kappa shape index (κ2) is 6.63. The van der Waals surface area contributed by atoms with Crippen molar-refractivity contribution in [2.75, 3.05) is 6.54 Å². The summed E-state index contributed by atoms with van der Waals surface area (Å²) in [4.78, 5) is 16.3. The van der Waals surface area contributed by atoms with Gasteiger partial charge in [0.2, 0.25) is 0 Å². The molecule has 0 bridgehead atoms. The smallest absolute Gasteiger partial charge is 0.251 e. The molecule has 1 amide bonds. The molecule has 0 aliphatic carbocycles. The third kappa shape index (κ3) is 4.40. The normalized spacial score (nSPS) is 10.5. The number of aryl methyl sites for hydroxylation is 1. The first kappa shape index (κ1) is 14.7. The van der Waals surface area contributed by atoms with Crippen LogP contribution in [0.15, 0.2) is 32.5 Å². The molecule has 1 aromatic carbocycles. The van der Waals surface area contributed by atoms with Gasteiger partial charge in [0.05, 0.1) is 5.01 Å². The highest BCUT2D eigenvalue weighted by Crippen LogP contribution is 2.20. The number of carbonyl (C=O) groups is 1. The van der Waals surface area contributed by atoms with E-state index in [0.717, 1.165) is 26.1 Å². The number of benzene rings is 1. The van der Waals surface area contributed by atoms with Gasteiger partial charge in [-0.2, -0.15) is 0 Å². The lowest BCUT2D eigenvalue weighted by Crippen LogP contribution is -2.25. The zero-order valence-electron chi connectivity index (χ0n) is 10.2. The summed E-state index contributed by atoms with van der Waals surface area (Å²) in [6.07, 6.45) is 0.763. The van der Waals surface area contributed by atoms with Gasteiger partial charge in [-0.25, -0.2) is 4.98 Å². The van der Waals surface area contributed by atoms with Crippen molar-refractivity contribution in [2.45, 2.75) is 13.3 Å². The maximum Gasteiger partial charge on any atom is 0.251 e. The molecule has 0 spiro atoms. The molecule has 3 nitrogen and oxygen atoms in total. The van der Waals surface area contributed by atoms with E-state index in [4.69, 9.17) is 0 Å². The number of rotatable bonds is 4. The van der Waals surface area contributed by atoms with E-state index in [-0.39, 0.29) is 5.91 Å². The minimum atomic E-state index is -0.0738. The molecule has 2 aromatic rings. The Hall–Kier alpha value is -0.720. The Bertz CT molecular complexity index is 578. The summed E-state index contributed by atoms with van der Waals surface area (Å²) < 4.78 is 1.75. The number of hydrogen-bond donors (Lipinski definition) is 1. The third-order valence-electron chi connectivity index (χ3n) is 2.42. The van der Waals surface area contributed by atoms with Crippen molar-refractivity contribution < 1.29 is 4.79 Å². The van der Waals surface area contributed by atoms with Crippen molar-refractivity contribution in [2.24, 2.45) is 0 Å². The van der Waals surface area contributed by atoms with Crippen LogP contribution in [0.2, 0.25) is 0 Å². The fourth-order valence-electron chi connectivity index (χ4n) is 1.59. The van der Waals surface area contributed by atoms with Crippen LogP contribution in [-0.4, -0.2) is 17.4 Å². The summed E-state index contributed by atoms with van der Waals surface area (Å²) in [6, 6.07) is 5.50. The van der Waals surface area contributed by atoms with E-state index in [0.29, 0.717) is 12.1 Å². The second-order valence-electron chi connectivity index (χ2n) is 4.05. The molecule has 6 heteroatoms. The molecular weight excluding hydrogens is 392 g/mol. The molecular formula is C13H12Br2N2OS. The number of carbonyl (C=O) groups excluding carboxylic acids is 1. The van der Waals surface area contributed by atoms with Crippen molar-refractivity contribution in [1.82, 2.24) is 10.3 Å². The number of halogens is 2. The van der Waals surface area contributed by atoms with Crippen LogP contribution in [0.1, 0.15) is 21.1 Å². The van der Waals surface area contributed by atoms with Gasteiger partial charge in [-0.05, 0) is 25.1 Å². The van der Waals surface area contributed by atoms with E-state index in [2.05, 4.69) is 42.2 Å². The Morgan fingerprint density at radius 1 is 1.32 bits per heavy atom. The van der Waals surface area contributed by atoms with Crippen molar-refractivity contribution >= 4 is 49.1 Å². The molecule has 100 valence electrons. The summed E-state index contributed by atoms with van der Waals surface area (Å²) in [5.74, 6) is -0.0738. The number of aromatic nitrogens is 1. The van der Waals surface area contributed by atoms with Crippen molar-refractivity contribution in [1.29, 1.82) is 0 Å². The monoisotopic (exact) mass is 402 g/mol. The van der Waals surface area contributed by atoms with Gasteiger partial charge in [-0.3, -0.25) is 4.79 Å². The van der Waals surface area contributed by atoms with E-state index >= 15 is 0 Å². The molecule has 0 aliphatic rings. The fraction of sp³-hybridized carbons (Fsp3) is 0.231. The van der Waals surface area contributed by atoms with Crippen molar-refractivity contribution in [3.8, 4) is 0 Å². The summed E-state index contributed by atoms with van der Waals surface area (Å²) in [5, 5.41) is 5.96. The Morgan fingerprint density at radius 3 is 2.58 bits per heavy atom. The highest BCUT2D eigenvalue weighted by atomic mass is 79.9. The standard InChI is InChI=1S/C13H12Br2N2OS/c1-8-7-19-12(17-8)2-3-16-13(18)9-4-10(14)6-11(15)5-9/h4-7H,2-3H2,1H3,(H,16,18). The minimum Gasteiger partial charge on any atom is -0.352 e. The predicted molar refractivity (Wildman–Crippen MR) is 84.7 cm³/mol. The molecule has 0 unspecified atom stereocenters. The lowest BCUT2D eigenvalue weighted by atomic mass is 10.2. The van der Waals surface area contributed by atoms with Gasteiger partial charge in [0.1, 0.15) is 0 Å². The molecule has 2 rings (SSSR count). The molecule has 0 fully saturated rings. The molecule has 0 aliphatic heterocycles. The number of amides is 1. The van der Waals surface area contributed by atoms with Crippen LogP contribution in [-0.2, 0) is 6.42 Å². The van der Waals surface area contributed by atoms with Crippen LogP contribution in [0.4, 0.5) is 0 Å². The van der Waals surface area contributed by atoms with Crippen LogP contribution in [0, 0.1) is 6.92 Å². The first-order valence-electron chi connectivity index (χ1n) is 5.70. The first-order chi connectivity index (χ1) is 9.04. The molecule has 0 radical (unpaired) electrons. The van der Waals surface area contributed by atoms with Gasteiger partial charge in [0, 0.05) is 38.5 Å². The van der Waals surface area contributed by atoms with E-state index in [1.165, 1.54) is 0 Å². The zero-order chi connectivity index (χ0) is 13.8. The Labute approximate surface area is 132 Å². The Balaban J connectivity index is 1.90. The molecule has 0 atom stereocenters. The summed E-state index contributed by atoms with van der Waals surface area (Å²) in [5.41, 5.74) is 1.67. The summed E-state index contributed by atoms with van der Waals surface area (Å²) in [7, 11) is 0. The molecule has 0 saturated heterocycles. The summed E-state index contributed by atoms with van der Waals surface area (Å²) >= 11 is 8.37. The number of hydrogen-bond acceptors (Lipinski definition) is 3. The third-order valence-corrected chi connectivity index (χ3v) is 4.36. The predicted octanol–water partition coefficient (Wildman–Crippen LogP) is 3.95. The second-order valence-corrected chi connectivity index (χ2v) is 6.82. The fourth-order valence-corrected chi connectivity index (χ4v) is 3.66. The molecule has 0 saturated carbocycles. The van der Waals surface area contributed by atoms with Crippen LogP contribution >= 0.6 is 43.2 Å². The lowest BCUT2D eigenvalue weighted by molar-refractivity contribution is 0.0954. The summed E-state index contributed by atoms with van der Waals surface area (Å²) in [6.45, 7) is 2.56. The van der Waals surface area contributed by atoms with Crippen LogP contribution in [0.3, 0.4) is 0 Å². The highest BCUT2D eigenvalue weighted by molar-refractivity contribution is 9.11. The van der Waals surface area contributed by atoms with Crippen LogP contribution < -0.4 is 5.32 Å². The van der Waals surface area contributed by atoms with Gasteiger partial charge >= 0.3 is 0 Å². The van der Waals surface area contributed by atoms with Gasteiger partial charge in [0.25, 0.3) is 5.91 Å². The number of thiazole rings is 1. The maximum atomic E-state index is 12.0. The molecule has 1 N–H and O–H groups in total. The van der Waals surface area contributed by atoms with Gasteiger partial charge in [-0.1, -0.05) is 31.9 Å². The molecule has 1 heterocycles. The Morgan fingerprint density at radius 2 is 2.00 bits per heavy atom. The van der Waals surface area contributed by atoms with E-state index in [9.17, 15) is 4.79 Å². The van der Waals surface area contributed by atoms with Crippen molar-refractivity contribution in [3.63, 3.8) is 0 Å². The Kier molecular flexibility index (Phi) is 5.13. The van der Waals surface area contributed by atoms with E-state index in [1.54, 1.807) is 23.5 Å². The average molecular weight is 404 g/mol. The topological polar surface area (TPSA) is 42.0 Å². The van der Waals surface area contributed by atoms with Gasteiger partial charge < -0.3 is 5.32 Å². The average Bonchev–Trinajstić information content (AvgIpc) is 2.73. The van der Waals surface area contributed by atoms with Crippen LogP contribution in [0.25, 0.3) is 0 Å². The lowest BCUT2D eigenvalue weighted by Gasteiger charge is -2.05. The SMILES string of the molecule is Cc1csc(CCNC(=O)c2cc(Br)cc(Br)c2)n1. The maximum absolute atomic E-state index is 12.0. The van der Waals surface area contributed by atoms with Gasteiger partial charge in [0.15, 0.2) is 0 Å². The highest BCUT2D eigenvalue weighted by Gasteiger charge is 2.07. The molecule has 19 heavy (non-hydrogen) atoms. The largest absolute Gasteiger partial charge is 0.352 e. The zero-order valence-corrected chi connectivity index (χ0v) is 14.2.